The summed E-state index contributed by atoms with van der Waals surface area (Å²) in [4.78, 5) is 8.11. The monoisotopic (exact) mass is 297 g/mol. The van der Waals surface area contributed by atoms with Gasteiger partial charge < -0.3 is 9.84 Å². The van der Waals surface area contributed by atoms with E-state index in [9.17, 15) is 8.42 Å². The van der Waals surface area contributed by atoms with E-state index in [0.717, 1.165) is 4.31 Å². The Kier molecular flexibility index (Phi) is 4.30. The Bertz CT molecular complexity index is 637. The fourth-order valence-corrected chi connectivity index (χ4v) is 2.30. The molecule has 0 aliphatic heterocycles. The van der Waals surface area contributed by atoms with Crippen molar-refractivity contribution in [1.29, 1.82) is 0 Å². The summed E-state index contributed by atoms with van der Waals surface area (Å²) < 4.78 is 29.5. The predicted molar refractivity (Wildman–Crippen MR) is 71.6 cm³/mol. The Hall–Kier alpha value is -2.00. The Morgan fingerprint density at radius 3 is 2.65 bits per heavy atom. The first-order valence-electron chi connectivity index (χ1n) is 5.88. The highest BCUT2D eigenvalue weighted by atomic mass is 32.2. The highest BCUT2D eigenvalue weighted by Crippen LogP contribution is 2.13. The molecule has 2 aromatic rings. The molecule has 20 heavy (non-hydrogen) atoms. The Morgan fingerprint density at radius 2 is 2.10 bits per heavy atom. The summed E-state index contributed by atoms with van der Waals surface area (Å²) >= 11 is 0. The molecular weight excluding hydrogens is 282 g/mol. The van der Waals surface area contributed by atoms with E-state index in [4.69, 9.17) is 0 Å². The van der Waals surface area contributed by atoms with E-state index < -0.39 is 10.0 Å². The second kappa shape index (κ2) is 5.97. The van der Waals surface area contributed by atoms with E-state index in [-0.39, 0.29) is 4.90 Å². The summed E-state index contributed by atoms with van der Waals surface area (Å²) in [5.41, 5.74) is 0. The van der Waals surface area contributed by atoms with Crippen LogP contribution in [0.2, 0.25) is 0 Å². The van der Waals surface area contributed by atoms with Gasteiger partial charge >= 0.3 is 0 Å². The van der Waals surface area contributed by atoms with Crippen molar-refractivity contribution in [1.82, 2.24) is 19.4 Å². The van der Waals surface area contributed by atoms with Crippen molar-refractivity contribution in [2.75, 3.05) is 26.0 Å². The molecule has 8 nitrogen and oxygen atoms in total. The Balaban J connectivity index is 1.95. The van der Waals surface area contributed by atoms with Crippen molar-refractivity contribution in [3.8, 4) is 0 Å². The van der Waals surface area contributed by atoms with Gasteiger partial charge in [-0.3, -0.25) is 0 Å². The fraction of sp³-hybridized carbons (Fsp3) is 0.364. The van der Waals surface area contributed by atoms with E-state index >= 15 is 0 Å². The number of nitrogens with one attached hydrogen (secondary N) is 1. The number of aromatic nitrogens is 3. The number of hydrogen-bond donors (Lipinski definition) is 1. The van der Waals surface area contributed by atoms with E-state index in [2.05, 4.69) is 25.0 Å². The molecule has 2 aromatic heterocycles. The Morgan fingerprint density at radius 1 is 1.30 bits per heavy atom. The van der Waals surface area contributed by atoms with Gasteiger partial charge in [-0.1, -0.05) is 5.16 Å². The van der Waals surface area contributed by atoms with Crippen LogP contribution in [0.5, 0.6) is 0 Å². The first kappa shape index (κ1) is 14.4. The first-order valence-corrected chi connectivity index (χ1v) is 7.32. The van der Waals surface area contributed by atoms with Crippen LogP contribution in [-0.2, 0) is 16.4 Å². The predicted octanol–water partition coefficient (Wildman–Crippen LogP) is 0.369. The van der Waals surface area contributed by atoms with Crippen LogP contribution < -0.4 is 5.32 Å². The SMILES string of the molecule is CN(C)S(=O)(=O)c1ccc(NCCc2ncon2)nc1. The van der Waals surface area contributed by atoms with Crippen LogP contribution >= 0.6 is 0 Å². The number of sulfonamides is 1. The molecule has 0 aromatic carbocycles. The molecule has 108 valence electrons. The van der Waals surface area contributed by atoms with Gasteiger partial charge in [0.15, 0.2) is 5.82 Å². The quantitative estimate of drug-likeness (QED) is 0.821. The number of hydrogen-bond acceptors (Lipinski definition) is 7. The molecule has 0 amide bonds. The Labute approximate surface area is 116 Å². The third-order valence-corrected chi connectivity index (χ3v) is 4.38. The standard InChI is InChI=1S/C11H15N5O3S/c1-16(2)20(17,18)9-3-4-10(13-7-9)12-6-5-11-14-8-19-15-11/h3-4,7-8H,5-6H2,1-2H3,(H,12,13). The number of anilines is 1. The average Bonchev–Trinajstić information content (AvgIpc) is 2.92. The summed E-state index contributed by atoms with van der Waals surface area (Å²) in [5, 5.41) is 6.73. The van der Waals surface area contributed by atoms with Crippen LogP contribution in [0.3, 0.4) is 0 Å². The van der Waals surface area contributed by atoms with Gasteiger partial charge in [-0.25, -0.2) is 17.7 Å². The molecule has 0 aliphatic rings. The lowest BCUT2D eigenvalue weighted by molar-refractivity contribution is 0.410. The van der Waals surface area contributed by atoms with Crippen molar-refractivity contribution < 1.29 is 12.9 Å². The lowest BCUT2D eigenvalue weighted by atomic mass is 10.4. The summed E-state index contributed by atoms with van der Waals surface area (Å²) in [5.74, 6) is 1.19. The van der Waals surface area contributed by atoms with E-state index in [1.165, 1.54) is 32.8 Å². The minimum absolute atomic E-state index is 0.159. The highest BCUT2D eigenvalue weighted by molar-refractivity contribution is 7.89. The topological polar surface area (TPSA) is 101 Å². The van der Waals surface area contributed by atoms with Crippen molar-refractivity contribution >= 4 is 15.8 Å². The molecule has 0 bridgehead atoms. The number of rotatable bonds is 6. The van der Waals surface area contributed by atoms with Crippen molar-refractivity contribution in [2.24, 2.45) is 0 Å². The normalized spacial score (nSPS) is 11.8. The van der Waals surface area contributed by atoms with E-state index in [1.807, 2.05) is 0 Å². The van der Waals surface area contributed by atoms with Crippen LogP contribution in [-0.4, -0.2) is 48.5 Å². The summed E-state index contributed by atoms with van der Waals surface area (Å²) in [6, 6.07) is 3.13. The fourth-order valence-electron chi connectivity index (χ4n) is 1.45. The third kappa shape index (κ3) is 3.31. The zero-order chi connectivity index (χ0) is 14.6. The van der Waals surface area contributed by atoms with Crippen LogP contribution in [0.25, 0.3) is 0 Å². The van der Waals surface area contributed by atoms with Crippen LogP contribution in [0.1, 0.15) is 5.82 Å². The van der Waals surface area contributed by atoms with Crippen LogP contribution in [0.15, 0.2) is 34.1 Å². The maximum absolute atomic E-state index is 11.9. The molecule has 2 rings (SSSR count). The van der Waals surface area contributed by atoms with E-state index in [0.29, 0.717) is 24.6 Å². The van der Waals surface area contributed by atoms with Gasteiger partial charge in [-0.05, 0) is 12.1 Å². The van der Waals surface area contributed by atoms with Crippen LogP contribution in [0.4, 0.5) is 5.82 Å². The number of nitrogens with zero attached hydrogens (tertiary/aromatic N) is 4. The minimum Gasteiger partial charge on any atom is -0.370 e. The van der Waals surface area contributed by atoms with Gasteiger partial charge in [-0.15, -0.1) is 0 Å². The molecule has 0 atom stereocenters. The molecule has 0 radical (unpaired) electrons. The minimum atomic E-state index is -3.44. The molecule has 1 N–H and O–H groups in total. The van der Waals surface area contributed by atoms with Gasteiger partial charge in [0.2, 0.25) is 16.4 Å². The van der Waals surface area contributed by atoms with Gasteiger partial charge in [0.25, 0.3) is 0 Å². The summed E-state index contributed by atoms with van der Waals surface area (Å²) in [6.07, 6.45) is 3.19. The zero-order valence-corrected chi connectivity index (χ0v) is 12.0. The lowest BCUT2D eigenvalue weighted by Crippen LogP contribution is -2.22. The molecular formula is C11H15N5O3S. The maximum Gasteiger partial charge on any atom is 0.244 e. The summed E-state index contributed by atoms with van der Waals surface area (Å²) in [6.45, 7) is 0.576. The second-order valence-corrected chi connectivity index (χ2v) is 6.34. The molecule has 0 aliphatic carbocycles. The van der Waals surface area contributed by atoms with Crippen molar-refractivity contribution in [2.45, 2.75) is 11.3 Å². The van der Waals surface area contributed by atoms with E-state index in [1.54, 1.807) is 6.07 Å². The van der Waals surface area contributed by atoms with Gasteiger partial charge in [0, 0.05) is 33.3 Å². The largest absolute Gasteiger partial charge is 0.370 e. The molecule has 0 spiro atoms. The maximum atomic E-state index is 11.9. The smallest absolute Gasteiger partial charge is 0.244 e. The third-order valence-electron chi connectivity index (χ3n) is 2.58. The average molecular weight is 297 g/mol. The number of pyridine rings is 1. The molecule has 0 saturated carbocycles. The molecule has 0 unspecified atom stereocenters. The molecule has 2 heterocycles. The van der Waals surface area contributed by atoms with Gasteiger partial charge in [-0.2, -0.15) is 4.98 Å². The first-order chi connectivity index (χ1) is 9.50. The molecule has 0 fully saturated rings. The highest BCUT2D eigenvalue weighted by Gasteiger charge is 2.17. The van der Waals surface area contributed by atoms with Gasteiger partial charge in [0.1, 0.15) is 10.7 Å². The van der Waals surface area contributed by atoms with Crippen molar-refractivity contribution in [3.05, 3.63) is 30.5 Å². The molecule has 0 saturated heterocycles. The second-order valence-electron chi connectivity index (χ2n) is 4.19. The summed E-state index contributed by atoms with van der Waals surface area (Å²) in [7, 11) is -0.482. The molecule has 9 heteroatoms. The van der Waals surface area contributed by atoms with Crippen LogP contribution in [0, 0.1) is 0 Å². The van der Waals surface area contributed by atoms with Gasteiger partial charge in [0.05, 0.1) is 0 Å². The van der Waals surface area contributed by atoms with Crippen molar-refractivity contribution in [3.63, 3.8) is 0 Å². The zero-order valence-electron chi connectivity index (χ0n) is 11.1. The lowest BCUT2D eigenvalue weighted by Gasteiger charge is -2.11.